The number of hydrogen-bond donors (Lipinski definition) is 1. The molecule has 2 aromatic rings. The fraction of sp³-hybridized carbons (Fsp3) is 0.250. The lowest BCUT2D eigenvalue weighted by Gasteiger charge is -2.05. The maximum Gasteiger partial charge on any atom is 0.0717 e. The summed E-state index contributed by atoms with van der Waals surface area (Å²) in [5.74, 6) is 0. The number of hydrogen-bond acceptors (Lipinski definition) is 2. The van der Waals surface area contributed by atoms with Crippen molar-refractivity contribution < 1.29 is 9.84 Å². The van der Waals surface area contributed by atoms with Crippen LogP contribution in [0.5, 0.6) is 0 Å². The molecule has 0 radical (unpaired) electrons. The minimum Gasteiger partial charge on any atom is -0.392 e. The second-order valence-corrected chi connectivity index (χ2v) is 4.84. The van der Waals surface area contributed by atoms with Crippen molar-refractivity contribution in [2.45, 2.75) is 19.6 Å². The molecule has 0 amide bonds. The van der Waals surface area contributed by atoms with Crippen LogP contribution in [0.3, 0.4) is 0 Å². The molecular weight excluding hydrogens is 260 g/mol. The lowest BCUT2D eigenvalue weighted by Crippen LogP contribution is -1.99. The predicted molar refractivity (Wildman–Crippen MR) is 77.2 cm³/mol. The van der Waals surface area contributed by atoms with Gasteiger partial charge in [-0.25, -0.2) is 0 Å². The van der Waals surface area contributed by atoms with Crippen LogP contribution in [0.4, 0.5) is 0 Å². The highest BCUT2D eigenvalue weighted by molar-refractivity contribution is 6.30. The molecule has 0 unspecified atom stereocenters. The van der Waals surface area contributed by atoms with Crippen molar-refractivity contribution >= 4 is 11.6 Å². The molecule has 0 heterocycles. The zero-order valence-corrected chi connectivity index (χ0v) is 11.4. The van der Waals surface area contributed by atoms with E-state index in [0.717, 1.165) is 22.6 Å². The Morgan fingerprint density at radius 2 is 1.42 bits per heavy atom. The first kappa shape index (κ1) is 14.1. The molecule has 0 saturated heterocycles. The van der Waals surface area contributed by atoms with Crippen molar-refractivity contribution in [3.05, 3.63) is 70.2 Å². The molecule has 0 fully saturated rings. The van der Waals surface area contributed by atoms with E-state index in [1.165, 1.54) is 5.56 Å². The second-order valence-electron chi connectivity index (χ2n) is 4.40. The summed E-state index contributed by atoms with van der Waals surface area (Å²) in [5, 5.41) is 9.71. The Bertz CT molecular complexity index is 491. The smallest absolute Gasteiger partial charge is 0.0717 e. The van der Waals surface area contributed by atoms with E-state index in [1.54, 1.807) is 0 Å². The molecule has 0 saturated carbocycles. The van der Waals surface area contributed by atoms with Crippen LogP contribution in [0.2, 0.25) is 5.02 Å². The summed E-state index contributed by atoms with van der Waals surface area (Å²) in [6, 6.07) is 15.6. The number of aliphatic hydroxyl groups is 1. The minimum absolute atomic E-state index is 0.0811. The van der Waals surface area contributed by atoms with Gasteiger partial charge in [-0.15, -0.1) is 0 Å². The summed E-state index contributed by atoms with van der Waals surface area (Å²) >= 11 is 5.83. The van der Waals surface area contributed by atoms with Crippen LogP contribution in [-0.4, -0.2) is 11.7 Å². The normalized spacial score (nSPS) is 10.6. The van der Waals surface area contributed by atoms with Gasteiger partial charge in [-0.2, -0.15) is 0 Å². The monoisotopic (exact) mass is 276 g/mol. The van der Waals surface area contributed by atoms with Gasteiger partial charge < -0.3 is 9.84 Å². The first-order valence-electron chi connectivity index (χ1n) is 6.29. The maximum absolute atomic E-state index is 8.95. The third-order valence-corrected chi connectivity index (χ3v) is 3.17. The summed E-state index contributed by atoms with van der Waals surface area (Å²) in [5.41, 5.74) is 3.26. The van der Waals surface area contributed by atoms with E-state index >= 15 is 0 Å². The van der Waals surface area contributed by atoms with Crippen molar-refractivity contribution in [2.75, 3.05) is 6.61 Å². The van der Waals surface area contributed by atoms with Gasteiger partial charge in [-0.3, -0.25) is 0 Å². The molecule has 0 spiro atoms. The van der Waals surface area contributed by atoms with E-state index in [1.807, 2.05) is 48.5 Å². The van der Waals surface area contributed by atoms with Crippen LogP contribution in [0.1, 0.15) is 16.7 Å². The Morgan fingerprint density at radius 3 is 2.05 bits per heavy atom. The molecule has 100 valence electrons. The summed E-state index contributed by atoms with van der Waals surface area (Å²) in [4.78, 5) is 0. The van der Waals surface area contributed by atoms with Gasteiger partial charge in [0.1, 0.15) is 0 Å². The van der Waals surface area contributed by atoms with Gasteiger partial charge in [0.2, 0.25) is 0 Å². The highest BCUT2D eigenvalue weighted by atomic mass is 35.5. The van der Waals surface area contributed by atoms with Crippen molar-refractivity contribution in [3.8, 4) is 0 Å². The topological polar surface area (TPSA) is 29.5 Å². The first-order valence-corrected chi connectivity index (χ1v) is 6.66. The zero-order chi connectivity index (χ0) is 13.5. The van der Waals surface area contributed by atoms with Gasteiger partial charge in [0.05, 0.1) is 19.8 Å². The molecule has 2 rings (SSSR count). The molecule has 2 nitrogen and oxygen atoms in total. The third kappa shape index (κ3) is 4.67. The van der Waals surface area contributed by atoms with Crippen LogP contribution >= 0.6 is 11.6 Å². The molecule has 0 aromatic heterocycles. The Hall–Kier alpha value is -1.35. The van der Waals surface area contributed by atoms with Gasteiger partial charge >= 0.3 is 0 Å². The van der Waals surface area contributed by atoms with Gasteiger partial charge in [0, 0.05) is 5.02 Å². The van der Waals surface area contributed by atoms with Gasteiger partial charge in [-0.1, -0.05) is 48.0 Å². The average molecular weight is 277 g/mol. The number of ether oxygens (including phenoxy) is 1. The molecule has 0 aliphatic carbocycles. The van der Waals surface area contributed by atoms with Crippen molar-refractivity contribution in [1.82, 2.24) is 0 Å². The maximum atomic E-state index is 8.95. The summed E-state index contributed by atoms with van der Waals surface area (Å²) in [6.45, 7) is 1.36. The van der Waals surface area contributed by atoms with Gasteiger partial charge in [0.25, 0.3) is 0 Å². The van der Waals surface area contributed by atoms with E-state index in [-0.39, 0.29) is 6.61 Å². The van der Waals surface area contributed by atoms with Crippen LogP contribution in [0.25, 0.3) is 0 Å². The van der Waals surface area contributed by atoms with Crippen LogP contribution in [0, 0.1) is 0 Å². The highest BCUT2D eigenvalue weighted by Gasteiger charge is 1.96. The zero-order valence-electron chi connectivity index (χ0n) is 10.7. The van der Waals surface area contributed by atoms with Crippen LogP contribution < -0.4 is 0 Å². The van der Waals surface area contributed by atoms with Crippen LogP contribution in [-0.2, 0) is 24.4 Å². The van der Waals surface area contributed by atoms with E-state index < -0.39 is 0 Å². The molecule has 0 aliphatic rings. The molecule has 0 bridgehead atoms. The molecule has 19 heavy (non-hydrogen) atoms. The lowest BCUT2D eigenvalue weighted by atomic mass is 10.1. The van der Waals surface area contributed by atoms with Crippen molar-refractivity contribution in [2.24, 2.45) is 0 Å². The van der Waals surface area contributed by atoms with E-state index in [4.69, 9.17) is 21.4 Å². The standard InChI is InChI=1S/C16H17ClO2/c17-16-7-5-13(6-8-16)9-10-19-12-15-3-1-14(11-18)2-4-15/h1-8,18H,9-12H2. The predicted octanol–water partition coefficient (Wildman–Crippen LogP) is 3.59. The van der Waals surface area contributed by atoms with Crippen LogP contribution in [0.15, 0.2) is 48.5 Å². The molecule has 1 N–H and O–H groups in total. The Labute approximate surface area is 118 Å². The fourth-order valence-corrected chi connectivity index (χ4v) is 1.90. The lowest BCUT2D eigenvalue weighted by molar-refractivity contribution is 0.124. The Morgan fingerprint density at radius 1 is 0.842 bits per heavy atom. The summed E-state index contributed by atoms with van der Waals surface area (Å²) in [7, 11) is 0. The number of benzene rings is 2. The number of halogens is 1. The molecule has 0 atom stereocenters. The Balaban J connectivity index is 1.72. The number of rotatable bonds is 6. The quantitative estimate of drug-likeness (QED) is 0.817. The van der Waals surface area contributed by atoms with Gasteiger partial charge in [0.15, 0.2) is 0 Å². The molecule has 2 aromatic carbocycles. The molecular formula is C16H17ClO2. The van der Waals surface area contributed by atoms with E-state index in [2.05, 4.69) is 0 Å². The van der Waals surface area contributed by atoms with E-state index in [9.17, 15) is 0 Å². The summed E-state index contributed by atoms with van der Waals surface area (Å²) in [6.07, 6.45) is 0.881. The number of aliphatic hydroxyl groups excluding tert-OH is 1. The van der Waals surface area contributed by atoms with Gasteiger partial charge in [-0.05, 0) is 35.2 Å². The van der Waals surface area contributed by atoms with E-state index in [0.29, 0.717) is 13.2 Å². The SMILES string of the molecule is OCc1ccc(COCCc2ccc(Cl)cc2)cc1. The largest absolute Gasteiger partial charge is 0.392 e. The minimum atomic E-state index is 0.0811. The average Bonchev–Trinajstić information content (AvgIpc) is 2.46. The fourth-order valence-electron chi connectivity index (χ4n) is 1.77. The third-order valence-electron chi connectivity index (χ3n) is 2.92. The molecule has 3 heteroatoms. The second kappa shape index (κ2) is 7.29. The molecule has 0 aliphatic heterocycles. The van der Waals surface area contributed by atoms with Crippen molar-refractivity contribution in [3.63, 3.8) is 0 Å². The van der Waals surface area contributed by atoms with Crippen molar-refractivity contribution in [1.29, 1.82) is 0 Å². The highest BCUT2D eigenvalue weighted by Crippen LogP contribution is 2.10. The summed E-state index contributed by atoms with van der Waals surface area (Å²) < 4.78 is 5.63. The first-order chi connectivity index (χ1) is 9.28. The Kier molecular flexibility index (Phi) is 5.40.